The lowest BCUT2D eigenvalue weighted by atomic mass is 10.1. The van der Waals surface area contributed by atoms with Crippen molar-refractivity contribution in [3.63, 3.8) is 0 Å². The summed E-state index contributed by atoms with van der Waals surface area (Å²) < 4.78 is 10.5. The summed E-state index contributed by atoms with van der Waals surface area (Å²) in [5.41, 5.74) is 1.52. The van der Waals surface area contributed by atoms with Gasteiger partial charge < -0.3 is 14.8 Å². The Bertz CT molecular complexity index is 864. The van der Waals surface area contributed by atoms with E-state index in [0.717, 1.165) is 5.56 Å². The number of fused-ring (bicyclic) bond motifs is 1. The zero-order valence-corrected chi connectivity index (χ0v) is 14.4. The predicted octanol–water partition coefficient (Wildman–Crippen LogP) is 3.95. The van der Waals surface area contributed by atoms with Crippen LogP contribution in [0.4, 0.5) is 5.69 Å². The molecule has 1 heterocycles. The van der Waals surface area contributed by atoms with E-state index in [4.69, 9.17) is 32.7 Å². The van der Waals surface area contributed by atoms with E-state index in [1.807, 2.05) is 24.3 Å². The van der Waals surface area contributed by atoms with Gasteiger partial charge in [0.1, 0.15) is 12.4 Å². The van der Waals surface area contributed by atoms with Crippen LogP contribution in [0, 0.1) is 0 Å². The number of benzene rings is 2. The average molecular weight is 378 g/mol. The van der Waals surface area contributed by atoms with E-state index >= 15 is 0 Å². The van der Waals surface area contributed by atoms with Crippen molar-refractivity contribution in [2.45, 2.75) is 0 Å². The lowest BCUT2D eigenvalue weighted by molar-refractivity contribution is -0.143. The van der Waals surface area contributed by atoms with E-state index in [-0.39, 0.29) is 6.61 Å². The van der Waals surface area contributed by atoms with Gasteiger partial charge in [-0.1, -0.05) is 41.4 Å². The Balaban J connectivity index is 1.57. The topological polar surface area (TPSA) is 64.6 Å². The van der Waals surface area contributed by atoms with Crippen LogP contribution in [0.2, 0.25) is 10.0 Å². The lowest BCUT2D eigenvalue weighted by Crippen LogP contribution is -2.24. The van der Waals surface area contributed by atoms with Crippen LogP contribution in [0.15, 0.2) is 48.0 Å². The van der Waals surface area contributed by atoms with Gasteiger partial charge in [-0.2, -0.15) is 0 Å². The molecule has 2 aromatic carbocycles. The molecule has 128 valence electrons. The molecule has 2 aromatic rings. The molecule has 0 fully saturated rings. The minimum Gasteiger partial charge on any atom is -0.488 e. The standard InChI is InChI=1S/C18H13Cl2NO4/c19-13-5-6-15(14(20)8-13)21-17(22)10-25-18(23)12-7-11-3-1-2-4-16(11)24-9-12/h1-8H,9-10H2,(H,21,22). The number of hydrogen-bond acceptors (Lipinski definition) is 4. The van der Waals surface area contributed by atoms with Gasteiger partial charge in [0.2, 0.25) is 0 Å². The molecule has 0 radical (unpaired) electrons. The van der Waals surface area contributed by atoms with Crippen LogP contribution < -0.4 is 10.1 Å². The zero-order chi connectivity index (χ0) is 17.8. The third kappa shape index (κ3) is 4.32. The van der Waals surface area contributed by atoms with Crippen LogP contribution in [0.25, 0.3) is 6.08 Å². The van der Waals surface area contributed by atoms with E-state index in [9.17, 15) is 9.59 Å². The van der Waals surface area contributed by atoms with Gasteiger partial charge in [-0.3, -0.25) is 4.79 Å². The monoisotopic (exact) mass is 377 g/mol. The second-order valence-electron chi connectivity index (χ2n) is 5.24. The third-order valence-electron chi connectivity index (χ3n) is 3.43. The molecule has 0 saturated heterocycles. The van der Waals surface area contributed by atoms with Gasteiger partial charge in [0.15, 0.2) is 6.61 Å². The zero-order valence-electron chi connectivity index (χ0n) is 12.9. The number of rotatable bonds is 4. The summed E-state index contributed by atoms with van der Waals surface area (Å²) in [5, 5.41) is 3.31. The highest BCUT2D eigenvalue weighted by Crippen LogP contribution is 2.27. The van der Waals surface area contributed by atoms with Gasteiger partial charge in [-0.25, -0.2) is 4.79 Å². The van der Waals surface area contributed by atoms with Crippen LogP contribution in [0.3, 0.4) is 0 Å². The minimum absolute atomic E-state index is 0.0977. The molecular formula is C18H13Cl2NO4. The fraction of sp³-hybridized carbons (Fsp3) is 0.111. The first-order chi connectivity index (χ1) is 12.0. The Hall–Kier alpha value is -2.50. The summed E-state index contributed by atoms with van der Waals surface area (Å²) in [7, 11) is 0. The number of para-hydroxylation sites is 1. The van der Waals surface area contributed by atoms with Gasteiger partial charge in [-0.15, -0.1) is 0 Å². The Morgan fingerprint density at radius 1 is 1.16 bits per heavy atom. The summed E-state index contributed by atoms with van der Waals surface area (Å²) in [5.74, 6) is -0.406. The van der Waals surface area contributed by atoms with E-state index in [0.29, 0.717) is 27.1 Å². The maximum atomic E-state index is 12.1. The Labute approximate surface area is 154 Å². The molecule has 0 spiro atoms. The number of halogens is 2. The molecule has 1 amide bonds. The smallest absolute Gasteiger partial charge is 0.338 e. The number of carbonyl (C=O) groups excluding carboxylic acids is 2. The van der Waals surface area contributed by atoms with Crippen molar-refractivity contribution in [3.8, 4) is 5.75 Å². The van der Waals surface area contributed by atoms with Crippen LogP contribution in [0.5, 0.6) is 5.75 Å². The van der Waals surface area contributed by atoms with E-state index in [1.54, 1.807) is 18.2 Å². The summed E-state index contributed by atoms with van der Waals surface area (Å²) in [6.45, 7) is -0.336. The molecular weight excluding hydrogens is 365 g/mol. The number of amides is 1. The molecule has 25 heavy (non-hydrogen) atoms. The van der Waals surface area contributed by atoms with Crippen LogP contribution in [0.1, 0.15) is 5.56 Å². The van der Waals surface area contributed by atoms with E-state index < -0.39 is 18.5 Å². The van der Waals surface area contributed by atoms with E-state index in [2.05, 4.69) is 5.32 Å². The van der Waals surface area contributed by atoms with Crippen LogP contribution in [-0.4, -0.2) is 25.1 Å². The summed E-state index contributed by atoms with van der Waals surface area (Å²) in [6, 6.07) is 12.0. The second kappa shape index (κ2) is 7.59. The molecule has 1 aliphatic rings. The minimum atomic E-state index is -0.605. The molecule has 3 rings (SSSR count). The fourth-order valence-electron chi connectivity index (χ4n) is 2.23. The van der Waals surface area contributed by atoms with Crippen molar-refractivity contribution < 1.29 is 19.1 Å². The number of carbonyl (C=O) groups is 2. The van der Waals surface area contributed by atoms with Crippen LogP contribution >= 0.6 is 23.2 Å². The predicted molar refractivity (Wildman–Crippen MR) is 96.0 cm³/mol. The fourth-order valence-corrected chi connectivity index (χ4v) is 2.69. The summed E-state index contributed by atoms with van der Waals surface area (Å²) >= 11 is 11.8. The number of anilines is 1. The van der Waals surface area contributed by atoms with Gasteiger partial charge in [-0.05, 0) is 30.3 Å². The quantitative estimate of drug-likeness (QED) is 0.819. The van der Waals surface area contributed by atoms with Gasteiger partial charge >= 0.3 is 5.97 Å². The van der Waals surface area contributed by atoms with Crippen molar-refractivity contribution >= 4 is 46.8 Å². The highest BCUT2D eigenvalue weighted by Gasteiger charge is 2.19. The number of ether oxygens (including phenoxy) is 2. The normalized spacial score (nSPS) is 12.5. The molecule has 0 aromatic heterocycles. The van der Waals surface area contributed by atoms with Gasteiger partial charge in [0, 0.05) is 10.6 Å². The SMILES string of the molecule is O=C(COC(=O)C1=Cc2ccccc2OC1)Nc1ccc(Cl)cc1Cl. The largest absolute Gasteiger partial charge is 0.488 e. The first-order valence-electron chi connectivity index (χ1n) is 7.37. The molecule has 0 saturated carbocycles. The molecule has 7 heteroatoms. The molecule has 0 bridgehead atoms. The molecule has 0 unspecified atom stereocenters. The highest BCUT2D eigenvalue weighted by atomic mass is 35.5. The Morgan fingerprint density at radius 3 is 2.76 bits per heavy atom. The first-order valence-corrected chi connectivity index (χ1v) is 8.13. The van der Waals surface area contributed by atoms with Crippen molar-refractivity contribution in [3.05, 3.63) is 63.6 Å². The van der Waals surface area contributed by atoms with Crippen LogP contribution in [-0.2, 0) is 14.3 Å². The number of esters is 1. The van der Waals surface area contributed by atoms with Crippen molar-refractivity contribution in [2.24, 2.45) is 0 Å². The molecule has 1 N–H and O–H groups in total. The third-order valence-corrected chi connectivity index (χ3v) is 3.98. The maximum absolute atomic E-state index is 12.1. The number of nitrogens with one attached hydrogen (secondary N) is 1. The van der Waals surface area contributed by atoms with Crippen molar-refractivity contribution in [2.75, 3.05) is 18.5 Å². The van der Waals surface area contributed by atoms with Crippen molar-refractivity contribution in [1.29, 1.82) is 0 Å². The van der Waals surface area contributed by atoms with Crippen molar-refractivity contribution in [1.82, 2.24) is 0 Å². The molecule has 0 aliphatic carbocycles. The highest BCUT2D eigenvalue weighted by molar-refractivity contribution is 6.36. The average Bonchev–Trinajstić information content (AvgIpc) is 2.61. The van der Waals surface area contributed by atoms with Gasteiger partial charge in [0.05, 0.1) is 16.3 Å². The molecule has 5 nitrogen and oxygen atoms in total. The lowest BCUT2D eigenvalue weighted by Gasteiger charge is -2.16. The second-order valence-corrected chi connectivity index (χ2v) is 6.09. The molecule has 0 atom stereocenters. The first kappa shape index (κ1) is 17.3. The maximum Gasteiger partial charge on any atom is 0.338 e. The van der Waals surface area contributed by atoms with Gasteiger partial charge in [0.25, 0.3) is 5.91 Å². The number of hydrogen-bond donors (Lipinski definition) is 1. The summed E-state index contributed by atoms with van der Waals surface area (Å²) in [6.07, 6.45) is 1.69. The Kier molecular flexibility index (Phi) is 5.26. The molecule has 1 aliphatic heterocycles. The van der Waals surface area contributed by atoms with E-state index in [1.165, 1.54) is 6.07 Å². The summed E-state index contributed by atoms with van der Waals surface area (Å²) in [4.78, 5) is 24.0. The Morgan fingerprint density at radius 2 is 1.96 bits per heavy atom.